The highest BCUT2D eigenvalue weighted by molar-refractivity contribution is 7.80. The van der Waals surface area contributed by atoms with Gasteiger partial charge >= 0.3 is 0 Å². The summed E-state index contributed by atoms with van der Waals surface area (Å²) in [5.41, 5.74) is 1.77. The van der Waals surface area contributed by atoms with Crippen LogP contribution in [-0.4, -0.2) is 9.97 Å². The topological polar surface area (TPSA) is 25.8 Å². The van der Waals surface area contributed by atoms with E-state index in [1.807, 2.05) is 6.92 Å². The Morgan fingerprint density at radius 1 is 1.47 bits per heavy atom. The molecular weight excluding hydrogens is 255 g/mol. The van der Waals surface area contributed by atoms with Gasteiger partial charge in [-0.15, -0.1) is 11.3 Å². The van der Waals surface area contributed by atoms with Gasteiger partial charge in [-0.2, -0.15) is 12.6 Å². The summed E-state index contributed by atoms with van der Waals surface area (Å²) in [6, 6.07) is 1.46. The number of hydrogen-bond donors (Lipinski definition) is 1. The van der Waals surface area contributed by atoms with Crippen molar-refractivity contribution in [3.05, 3.63) is 34.8 Å². The van der Waals surface area contributed by atoms with Crippen LogP contribution in [0.5, 0.6) is 0 Å². The van der Waals surface area contributed by atoms with Gasteiger partial charge in [0.15, 0.2) is 0 Å². The number of nitrogens with zero attached hydrogens (tertiary/aromatic N) is 2. The molecule has 0 aliphatic carbocycles. The van der Waals surface area contributed by atoms with Gasteiger partial charge in [-0.25, -0.2) is 9.37 Å². The zero-order valence-electron chi connectivity index (χ0n) is 9.64. The van der Waals surface area contributed by atoms with Crippen molar-refractivity contribution in [2.24, 2.45) is 0 Å². The summed E-state index contributed by atoms with van der Waals surface area (Å²) >= 11 is 6.00. The summed E-state index contributed by atoms with van der Waals surface area (Å²) in [5.74, 6) is -0.337. The van der Waals surface area contributed by atoms with Gasteiger partial charge in [0.25, 0.3) is 0 Å². The average molecular weight is 268 g/mol. The lowest BCUT2D eigenvalue weighted by molar-refractivity contribution is 0.622. The summed E-state index contributed by atoms with van der Waals surface area (Å²) < 4.78 is 13.1. The third-order valence-electron chi connectivity index (χ3n) is 2.39. The van der Waals surface area contributed by atoms with Crippen molar-refractivity contribution in [2.75, 3.05) is 0 Å². The van der Waals surface area contributed by atoms with Crippen molar-refractivity contribution in [2.45, 2.75) is 25.5 Å². The van der Waals surface area contributed by atoms with Crippen molar-refractivity contribution in [3.63, 3.8) is 0 Å². The zero-order chi connectivity index (χ0) is 12.4. The summed E-state index contributed by atoms with van der Waals surface area (Å²) in [7, 11) is 0. The second-order valence-electron chi connectivity index (χ2n) is 3.75. The predicted octanol–water partition coefficient (Wildman–Crippen LogP) is 3.90. The van der Waals surface area contributed by atoms with E-state index in [1.54, 1.807) is 17.5 Å². The zero-order valence-corrected chi connectivity index (χ0v) is 11.4. The van der Waals surface area contributed by atoms with Crippen molar-refractivity contribution >= 4 is 24.0 Å². The molecule has 0 saturated heterocycles. The molecule has 1 unspecified atom stereocenters. The second kappa shape index (κ2) is 5.14. The minimum Gasteiger partial charge on any atom is -0.261 e. The molecule has 0 saturated carbocycles. The molecule has 2 rings (SSSR count). The molecule has 17 heavy (non-hydrogen) atoms. The number of halogens is 1. The predicted molar refractivity (Wildman–Crippen MR) is 72.1 cm³/mol. The van der Waals surface area contributed by atoms with Crippen LogP contribution in [0.1, 0.15) is 29.7 Å². The van der Waals surface area contributed by atoms with Crippen LogP contribution in [0.15, 0.2) is 18.5 Å². The van der Waals surface area contributed by atoms with Crippen LogP contribution >= 0.6 is 24.0 Å². The molecule has 90 valence electrons. The first-order valence-corrected chi connectivity index (χ1v) is 6.73. The number of pyridine rings is 1. The first-order chi connectivity index (χ1) is 8.11. The van der Waals surface area contributed by atoms with Crippen LogP contribution in [0, 0.1) is 5.82 Å². The van der Waals surface area contributed by atoms with Crippen LogP contribution < -0.4 is 0 Å². The van der Waals surface area contributed by atoms with Crippen LogP contribution in [0.3, 0.4) is 0 Å². The molecule has 2 heterocycles. The lowest BCUT2D eigenvalue weighted by Crippen LogP contribution is -1.88. The summed E-state index contributed by atoms with van der Waals surface area (Å²) in [5, 5.41) is 0.961. The van der Waals surface area contributed by atoms with Gasteiger partial charge in [0.2, 0.25) is 0 Å². The van der Waals surface area contributed by atoms with E-state index in [2.05, 4.69) is 29.5 Å². The quantitative estimate of drug-likeness (QED) is 0.854. The maximum atomic E-state index is 13.1. The third kappa shape index (κ3) is 2.66. The Kier molecular flexibility index (Phi) is 3.79. The molecule has 0 spiro atoms. The van der Waals surface area contributed by atoms with E-state index in [0.717, 1.165) is 27.6 Å². The fourth-order valence-electron chi connectivity index (χ4n) is 1.60. The Labute approximate surface area is 109 Å². The van der Waals surface area contributed by atoms with Gasteiger partial charge in [0, 0.05) is 21.9 Å². The third-order valence-corrected chi connectivity index (χ3v) is 4.16. The van der Waals surface area contributed by atoms with Crippen LogP contribution in [0.2, 0.25) is 0 Å². The number of rotatable bonds is 3. The van der Waals surface area contributed by atoms with E-state index < -0.39 is 0 Å². The molecular formula is C12H13FN2S2. The maximum Gasteiger partial charge on any atom is 0.142 e. The van der Waals surface area contributed by atoms with E-state index in [1.165, 1.54) is 12.3 Å². The number of thiol groups is 1. The molecule has 0 N–H and O–H groups in total. The molecule has 0 aliphatic rings. The largest absolute Gasteiger partial charge is 0.261 e. The minimum absolute atomic E-state index is 0.151. The normalized spacial score (nSPS) is 12.7. The van der Waals surface area contributed by atoms with Crippen LogP contribution in [-0.2, 0) is 6.42 Å². The molecule has 0 aromatic carbocycles. The highest BCUT2D eigenvalue weighted by Crippen LogP contribution is 2.34. The van der Waals surface area contributed by atoms with E-state index >= 15 is 0 Å². The first kappa shape index (κ1) is 12.5. The molecule has 0 bridgehead atoms. The van der Waals surface area contributed by atoms with Crippen molar-refractivity contribution in [1.82, 2.24) is 9.97 Å². The molecule has 0 aliphatic heterocycles. The minimum atomic E-state index is -0.337. The standard InChI is InChI=1S/C12H13FN2S2/c1-3-10-11(7(2)16)17-12(15-10)8-4-9(13)6-14-5-8/h4-7,16H,3H2,1-2H3. The average Bonchev–Trinajstić information content (AvgIpc) is 2.73. The second-order valence-corrected chi connectivity index (χ2v) is 5.56. The Bertz CT molecular complexity index is 523. The Morgan fingerprint density at radius 3 is 2.76 bits per heavy atom. The highest BCUT2D eigenvalue weighted by Gasteiger charge is 2.14. The fourth-order valence-corrected chi connectivity index (χ4v) is 2.97. The van der Waals surface area contributed by atoms with E-state index in [0.29, 0.717) is 0 Å². The molecule has 2 aromatic heterocycles. The van der Waals surface area contributed by atoms with Gasteiger partial charge in [-0.05, 0) is 19.4 Å². The van der Waals surface area contributed by atoms with Crippen molar-refractivity contribution in [1.29, 1.82) is 0 Å². The Morgan fingerprint density at radius 2 is 2.24 bits per heavy atom. The maximum absolute atomic E-state index is 13.1. The smallest absolute Gasteiger partial charge is 0.142 e. The van der Waals surface area contributed by atoms with Crippen LogP contribution in [0.4, 0.5) is 4.39 Å². The van der Waals surface area contributed by atoms with Gasteiger partial charge in [-0.3, -0.25) is 4.98 Å². The Hall–Kier alpha value is -0.940. The number of aromatic nitrogens is 2. The van der Waals surface area contributed by atoms with E-state index in [-0.39, 0.29) is 11.1 Å². The fraction of sp³-hybridized carbons (Fsp3) is 0.333. The van der Waals surface area contributed by atoms with E-state index in [4.69, 9.17) is 0 Å². The molecule has 0 radical (unpaired) electrons. The van der Waals surface area contributed by atoms with Gasteiger partial charge in [0.05, 0.1) is 11.9 Å². The highest BCUT2D eigenvalue weighted by atomic mass is 32.1. The molecule has 1 atom stereocenters. The van der Waals surface area contributed by atoms with Gasteiger partial charge < -0.3 is 0 Å². The van der Waals surface area contributed by atoms with Crippen LogP contribution in [0.25, 0.3) is 10.6 Å². The SMILES string of the molecule is CCc1nc(-c2cncc(F)c2)sc1C(C)S. The lowest BCUT2D eigenvalue weighted by atomic mass is 10.2. The lowest BCUT2D eigenvalue weighted by Gasteiger charge is -2.00. The molecule has 2 aromatic rings. The number of hydrogen-bond acceptors (Lipinski definition) is 4. The Balaban J connectivity index is 2.46. The van der Waals surface area contributed by atoms with Gasteiger partial charge in [0.1, 0.15) is 10.8 Å². The van der Waals surface area contributed by atoms with E-state index in [9.17, 15) is 4.39 Å². The number of aryl methyl sites for hydroxylation is 1. The van der Waals surface area contributed by atoms with Crippen molar-refractivity contribution in [3.8, 4) is 10.6 Å². The molecule has 5 heteroatoms. The number of thiazole rings is 1. The monoisotopic (exact) mass is 268 g/mol. The molecule has 2 nitrogen and oxygen atoms in total. The summed E-state index contributed by atoms with van der Waals surface area (Å²) in [6.07, 6.45) is 3.69. The summed E-state index contributed by atoms with van der Waals surface area (Å²) in [6.45, 7) is 4.08. The molecule has 0 amide bonds. The molecule has 0 fully saturated rings. The first-order valence-electron chi connectivity index (χ1n) is 5.40. The summed E-state index contributed by atoms with van der Waals surface area (Å²) in [4.78, 5) is 9.52. The van der Waals surface area contributed by atoms with Gasteiger partial charge in [-0.1, -0.05) is 6.92 Å². The van der Waals surface area contributed by atoms with Crippen molar-refractivity contribution < 1.29 is 4.39 Å².